The molecular weight excluding hydrogens is 542 g/mol. The molecule has 196 valence electrons. The number of rotatable bonds is 7. The van der Waals surface area contributed by atoms with Gasteiger partial charge in [-0.3, -0.25) is 14.4 Å². The molecule has 0 aliphatic heterocycles. The third-order valence-electron chi connectivity index (χ3n) is 5.27. The molecule has 8 nitrogen and oxygen atoms in total. The predicted molar refractivity (Wildman–Crippen MR) is 127 cm³/mol. The molecule has 37 heavy (non-hydrogen) atoms. The van der Waals surface area contributed by atoms with E-state index < -0.39 is 35.3 Å². The van der Waals surface area contributed by atoms with E-state index in [-0.39, 0.29) is 50.4 Å². The third-order valence-corrected chi connectivity index (χ3v) is 5.86. The second kappa shape index (κ2) is 10.7. The smallest absolute Gasteiger partial charge is 0.507 e. The molecule has 13 heteroatoms. The lowest BCUT2D eigenvalue weighted by Crippen LogP contribution is -2.26. The number of hydrogen-bond donors (Lipinski definition) is 2. The van der Waals surface area contributed by atoms with Crippen molar-refractivity contribution in [3.05, 3.63) is 74.2 Å². The number of carbonyl (C=O) groups is 3. The van der Waals surface area contributed by atoms with Gasteiger partial charge in [0.05, 0.1) is 35.5 Å². The third kappa shape index (κ3) is 6.00. The summed E-state index contributed by atoms with van der Waals surface area (Å²) >= 11 is 12.0. The van der Waals surface area contributed by atoms with Gasteiger partial charge in [0, 0.05) is 29.7 Å². The number of alkyl halides is 3. The standard InChI is InChI=1S/C24H18Cl2F3NO7/c1-10-13(20(33)22(36-3)21(35-2)19(10)32)6-11-4-5-17(31)14(7-11)23(34)30-18-15(25)8-12(9-16(18)26)37-24(27,28)29/h4-5,7-9,31H,6H2,1-3H3,(H,30,34). The van der Waals surface area contributed by atoms with Crippen molar-refractivity contribution < 1.29 is 46.9 Å². The monoisotopic (exact) mass is 559 g/mol. The van der Waals surface area contributed by atoms with E-state index in [1.165, 1.54) is 39.3 Å². The van der Waals surface area contributed by atoms with Crippen LogP contribution in [-0.2, 0) is 25.5 Å². The Morgan fingerprint density at radius 1 is 1.00 bits per heavy atom. The highest BCUT2D eigenvalue weighted by atomic mass is 35.5. The first-order valence-electron chi connectivity index (χ1n) is 10.3. The second-order valence-electron chi connectivity index (χ2n) is 7.62. The lowest BCUT2D eigenvalue weighted by Gasteiger charge is -2.20. The highest BCUT2D eigenvalue weighted by molar-refractivity contribution is 6.40. The molecule has 0 bridgehead atoms. The van der Waals surface area contributed by atoms with Crippen LogP contribution in [0.15, 0.2) is 53.0 Å². The Morgan fingerprint density at radius 3 is 2.11 bits per heavy atom. The molecule has 2 N–H and O–H groups in total. The van der Waals surface area contributed by atoms with Crippen LogP contribution in [0.4, 0.5) is 18.9 Å². The highest BCUT2D eigenvalue weighted by Gasteiger charge is 2.35. The minimum absolute atomic E-state index is 0.0915. The van der Waals surface area contributed by atoms with Crippen LogP contribution < -0.4 is 10.1 Å². The van der Waals surface area contributed by atoms with Gasteiger partial charge in [-0.05, 0) is 24.6 Å². The molecule has 1 aliphatic rings. The Morgan fingerprint density at radius 2 is 1.57 bits per heavy atom. The fourth-order valence-corrected chi connectivity index (χ4v) is 4.09. The van der Waals surface area contributed by atoms with Crippen LogP contribution >= 0.6 is 23.2 Å². The number of halogens is 5. The topological polar surface area (TPSA) is 111 Å². The number of aromatic hydroxyl groups is 1. The maximum Gasteiger partial charge on any atom is 0.573 e. The molecule has 3 rings (SSSR count). The van der Waals surface area contributed by atoms with Crippen LogP contribution in [-0.4, -0.2) is 43.2 Å². The maximum atomic E-state index is 12.9. The summed E-state index contributed by atoms with van der Waals surface area (Å²) in [5.74, 6) is -3.62. The summed E-state index contributed by atoms with van der Waals surface area (Å²) in [7, 11) is 2.46. The van der Waals surface area contributed by atoms with Crippen molar-refractivity contribution in [1.29, 1.82) is 0 Å². The number of amides is 1. The van der Waals surface area contributed by atoms with E-state index in [2.05, 4.69) is 10.1 Å². The number of Topliss-reactive ketones (excluding diaryl/α,β-unsaturated/α-hetero) is 2. The van der Waals surface area contributed by atoms with Gasteiger partial charge in [-0.15, -0.1) is 13.2 Å². The van der Waals surface area contributed by atoms with Gasteiger partial charge in [0.25, 0.3) is 5.91 Å². The number of phenols is 1. The van der Waals surface area contributed by atoms with Crippen LogP contribution in [0.1, 0.15) is 22.8 Å². The summed E-state index contributed by atoms with van der Waals surface area (Å²) in [6.45, 7) is 1.45. The van der Waals surface area contributed by atoms with Gasteiger partial charge in [-0.2, -0.15) is 0 Å². The van der Waals surface area contributed by atoms with Crippen molar-refractivity contribution in [2.24, 2.45) is 0 Å². The molecule has 0 saturated heterocycles. The number of methoxy groups -OCH3 is 2. The van der Waals surface area contributed by atoms with Crippen molar-refractivity contribution in [2.45, 2.75) is 19.7 Å². The molecule has 0 aromatic heterocycles. The van der Waals surface area contributed by atoms with E-state index in [9.17, 15) is 32.7 Å². The first-order valence-corrected chi connectivity index (χ1v) is 11.0. The summed E-state index contributed by atoms with van der Waals surface area (Å²) in [6.07, 6.45) is -5.07. The van der Waals surface area contributed by atoms with E-state index in [0.717, 1.165) is 12.1 Å². The Hall–Kier alpha value is -3.70. The Balaban J connectivity index is 1.89. The van der Waals surface area contributed by atoms with Gasteiger partial charge in [-0.25, -0.2) is 0 Å². The fraction of sp³-hybridized carbons (Fsp3) is 0.208. The van der Waals surface area contributed by atoms with Crippen LogP contribution in [0.2, 0.25) is 10.0 Å². The molecule has 0 atom stereocenters. The molecule has 1 aliphatic carbocycles. The molecule has 1 amide bonds. The van der Waals surface area contributed by atoms with Gasteiger partial charge >= 0.3 is 6.36 Å². The van der Waals surface area contributed by atoms with Crippen molar-refractivity contribution in [1.82, 2.24) is 0 Å². The van der Waals surface area contributed by atoms with Crippen molar-refractivity contribution in [3.63, 3.8) is 0 Å². The van der Waals surface area contributed by atoms with Crippen molar-refractivity contribution in [2.75, 3.05) is 19.5 Å². The molecule has 2 aromatic carbocycles. The molecule has 0 heterocycles. The first-order chi connectivity index (χ1) is 17.3. The Bertz CT molecular complexity index is 1340. The van der Waals surface area contributed by atoms with Gasteiger partial charge in [0.1, 0.15) is 11.5 Å². The lowest BCUT2D eigenvalue weighted by molar-refractivity contribution is -0.274. The summed E-state index contributed by atoms with van der Waals surface area (Å²) in [6, 6.07) is 5.53. The van der Waals surface area contributed by atoms with E-state index in [1.54, 1.807) is 0 Å². The van der Waals surface area contributed by atoms with Crippen LogP contribution in [0.5, 0.6) is 11.5 Å². The fourth-order valence-electron chi connectivity index (χ4n) is 3.53. The second-order valence-corrected chi connectivity index (χ2v) is 8.43. The summed E-state index contributed by atoms with van der Waals surface area (Å²) < 4.78 is 51.2. The largest absolute Gasteiger partial charge is 0.573 e. The van der Waals surface area contributed by atoms with E-state index >= 15 is 0 Å². The maximum absolute atomic E-state index is 12.9. The highest BCUT2D eigenvalue weighted by Crippen LogP contribution is 2.37. The SMILES string of the molecule is COC1=C(OC)C(=O)C(Cc2ccc(O)c(C(=O)Nc3c(Cl)cc(OC(F)(F)F)cc3Cl)c2)=C(C)C1=O. The number of benzene rings is 2. The minimum Gasteiger partial charge on any atom is -0.507 e. The predicted octanol–water partition coefficient (Wildman–Crippen LogP) is 5.37. The molecule has 0 spiro atoms. The first kappa shape index (κ1) is 27.9. The zero-order valence-electron chi connectivity index (χ0n) is 19.4. The van der Waals surface area contributed by atoms with Gasteiger partial charge in [0.2, 0.25) is 23.1 Å². The zero-order chi connectivity index (χ0) is 27.7. The van der Waals surface area contributed by atoms with Crippen LogP contribution in [0.25, 0.3) is 0 Å². The summed E-state index contributed by atoms with van der Waals surface area (Å²) in [4.78, 5) is 38.4. The number of allylic oxidation sites excluding steroid dienone is 2. The Kier molecular flexibility index (Phi) is 8.09. The number of ketones is 2. The molecule has 2 aromatic rings. The molecule has 0 radical (unpaired) electrons. The van der Waals surface area contributed by atoms with Gasteiger partial charge < -0.3 is 24.6 Å². The number of phenolic OH excluding ortho intramolecular Hbond substituents is 1. The number of anilines is 1. The number of hydrogen-bond acceptors (Lipinski definition) is 7. The summed E-state index contributed by atoms with van der Waals surface area (Å²) in [5.41, 5.74) is 0.128. The minimum atomic E-state index is -4.98. The number of carbonyl (C=O) groups excluding carboxylic acids is 3. The molecule has 0 saturated carbocycles. The number of ether oxygens (including phenoxy) is 3. The van der Waals surface area contributed by atoms with Crippen molar-refractivity contribution >= 4 is 46.4 Å². The van der Waals surface area contributed by atoms with Gasteiger partial charge in [-0.1, -0.05) is 29.3 Å². The number of nitrogens with one attached hydrogen (secondary N) is 1. The zero-order valence-corrected chi connectivity index (χ0v) is 20.9. The average molecular weight is 560 g/mol. The molecule has 0 fully saturated rings. The molecular formula is C24H18Cl2F3NO7. The van der Waals surface area contributed by atoms with Crippen LogP contribution in [0, 0.1) is 0 Å². The van der Waals surface area contributed by atoms with Crippen molar-refractivity contribution in [3.8, 4) is 11.5 Å². The van der Waals surface area contributed by atoms with E-state index in [0.29, 0.717) is 5.56 Å². The lowest BCUT2D eigenvalue weighted by atomic mass is 9.88. The average Bonchev–Trinajstić information content (AvgIpc) is 2.81. The summed E-state index contributed by atoms with van der Waals surface area (Å²) in [5, 5.41) is 11.9. The molecule has 0 unspecified atom stereocenters. The van der Waals surface area contributed by atoms with Gasteiger partial charge in [0.15, 0.2) is 0 Å². The van der Waals surface area contributed by atoms with E-state index in [1.807, 2.05) is 0 Å². The van der Waals surface area contributed by atoms with Crippen LogP contribution in [0.3, 0.4) is 0 Å². The normalized spacial score (nSPS) is 14.2. The van der Waals surface area contributed by atoms with E-state index in [4.69, 9.17) is 32.7 Å². The quantitative estimate of drug-likeness (QED) is 0.439. The Labute approximate surface area is 218 Å².